The summed E-state index contributed by atoms with van der Waals surface area (Å²) in [6, 6.07) is 7.63. The van der Waals surface area contributed by atoms with Crippen LogP contribution in [0.15, 0.2) is 34.8 Å². The lowest BCUT2D eigenvalue weighted by atomic mass is 10.2. The van der Waals surface area contributed by atoms with E-state index in [0.717, 1.165) is 36.5 Å². The van der Waals surface area contributed by atoms with Gasteiger partial charge in [0, 0.05) is 17.6 Å². The maximum absolute atomic E-state index is 12.3. The molecular formula is C18H20N6O3S2. The van der Waals surface area contributed by atoms with Crippen LogP contribution in [0.25, 0.3) is 11.3 Å². The number of hydrogen-bond acceptors (Lipinski definition) is 9. The molecule has 11 heteroatoms. The number of rotatable bonds is 8. The number of ether oxygens (including phenoxy) is 2. The number of benzene rings is 1. The van der Waals surface area contributed by atoms with Gasteiger partial charge in [0.1, 0.15) is 5.75 Å². The first kappa shape index (κ1) is 19.8. The van der Waals surface area contributed by atoms with Gasteiger partial charge in [-0.1, -0.05) is 11.8 Å². The van der Waals surface area contributed by atoms with E-state index in [1.54, 1.807) is 11.8 Å². The van der Waals surface area contributed by atoms with Crippen molar-refractivity contribution in [2.75, 3.05) is 24.8 Å². The molecule has 3 heterocycles. The average Bonchev–Trinajstić information content (AvgIpc) is 3.50. The molecule has 1 unspecified atom stereocenters. The Bertz CT molecular complexity index is 953. The van der Waals surface area contributed by atoms with Crippen molar-refractivity contribution in [1.82, 2.24) is 25.2 Å². The van der Waals surface area contributed by atoms with Gasteiger partial charge in [-0.3, -0.25) is 4.79 Å². The monoisotopic (exact) mass is 432 g/mol. The van der Waals surface area contributed by atoms with Gasteiger partial charge in [-0.25, -0.2) is 9.67 Å². The summed E-state index contributed by atoms with van der Waals surface area (Å²) in [5.74, 6) is 0.831. The summed E-state index contributed by atoms with van der Waals surface area (Å²) in [5, 5.41) is 17.6. The molecule has 1 saturated heterocycles. The Morgan fingerprint density at radius 3 is 3.03 bits per heavy atom. The summed E-state index contributed by atoms with van der Waals surface area (Å²) in [4.78, 5) is 16.8. The number of nitrogens with zero attached hydrogens (tertiary/aromatic N) is 5. The van der Waals surface area contributed by atoms with Gasteiger partial charge in [-0.15, -0.1) is 16.4 Å². The van der Waals surface area contributed by atoms with Crippen LogP contribution in [0, 0.1) is 0 Å². The summed E-state index contributed by atoms with van der Waals surface area (Å²) in [5.41, 5.74) is 1.77. The van der Waals surface area contributed by atoms with Gasteiger partial charge < -0.3 is 14.8 Å². The third-order valence-corrected chi connectivity index (χ3v) is 6.08. The van der Waals surface area contributed by atoms with Crippen LogP contribution in [0.1, 0.15) is 12.8 Å². The molecule has 1 aliphatic rings. The van der Waals surface area contributed by atoms with Gasteiger partial charge in [0.2, 0.25) is 11.1 Å². The minimum Gasteiger partial charge on any atom is -0.497 e. The highest BCUT2D eigenvalue weighted by atomic mass is 32.2. The Labute approximate surface area is 175 Å². The lowest BCUT2D eigenvalue weighted by Gasteiger charge is -2.09. The first-order valence-corrected chi connectivity index (χ1v) is 11.0. The number of carbonyl (C=O) groups is 1. The van der Waals surface area contributed by atoms with E-state index in [2.05, 4.69) is 25.8 Å². The van der Waals surface area contributed by atoms with E-state index in [-0.39, 0.29) is 17.8 Å². The number of thioether (sulfide) groups is 1. The SMILES string of the molecule is COc1ccc(-c2csc(NC(=O)CSc3nnnn3CC3CCCO3)n2)cc1. The molecule has 1 atom stereocenters. The van der Waals surface area contributed by atoms with Crippen LogP contribution in [0.2, 0.25) is 0 Å². The number of thiazole rings is 1. The third kappa shape index (κ3) is 5.11. The lowest BCUT2D eigenvalue weighted by Crippen LogP contribution is -2.18. The summed E-state index contributed by atoms with van der Waals surface area (Å²) in [7, 11) is 1.63. The summed E-state index contributed by atoms with van der Waals surface area (Å²) >= 11 is 2.68. The number of methoxy groups -OCH3 is 1. The maximum atomic E-state index is 12.3. The van der Waals surface area contributed by atoms with E-state index < -0.39 is 0 Å². The summed E-state index contributed by atoms with van der Waals surface area (Å²) in [6.45, 7) is 1.39. The second-order valence-electron chi connectivity index (χ2n) is 6.38. The van der Waals surface area contributed by atoms with Gasteiger partial charge >= 0.3 is 0 Å². The number of nitrogens with one attached hydrogen (secondary N) is 1. The van der Waals surface area contributed by atoms with Crippen LogP contribution in [0.4, 0.5) is 5.13 Å². The zero-order valence-electron chi connectivity index (χ0n) is 15.8. The molecule has 29 heavy (non-hydrogen) atoms. The van der Waals surface area contributed by atoms with Gasteiger partial charge in [0.15, 0.2) is 5.13 Å². The Balaban J connectivity index is 1.30. The van der Waals surface area contributed by atoms with E-state index >= 15 is 0 Å². The van der Waals surface area contributed by atoms with Crippen LogP contribution in [-0.2, 0) is 16.1 Å². The Morgan fingerprint density at radius 2 is 2.28 bits per heavy atom. The minimum atomic E-state index is -0.155. The van der Waals surface area contributed by atoms with Crippen LogP contribution in [-0.4, -0.2) is 56.7 Å². The molecule has 2 aromatic heterocycles. The highest BCUT2D eigenvalue weighted by molar-refractivity contribution is 7.99. The first-order valence-electron chi connectivity index (χ1n) is 9.11. The molecule has 1 amide bonds. The van der Waals surface area contributed by atoms with Crippen molar-refractivity contribution in [3.8, 4) is 17.0 Å². The highest BCUT2D eigenvalue weighted by Crippen LogP contribution is 2.27. The smallest absolute Gasteiger partial charge is 0.236 e. The number of anilines is 1. The molecule has 152 valence electrons. The quantitative estimate of drug-likeness (QED) is 0.542. The normalized spacial score (nSPS) is 16.1. The number of tetrazole rings is 1. The molecule has 4 rings (SSSR count). The Hall–Kier alpha value is -2.50. The summed E-state index contributed by atoms with van der Waals surface area (Å²) < 4.78 is 12.5. The van der Waals surface area contributed by atoms with Crippen molar-refractivity contribution in [3.05, 3.63) is 29.6 Å². The fourth-order valence-electron chi connectivity index (χ4n) is 2.91. The van der Waals surface area contributed by atoms with Crippen molar-refractivity contribution in [3.63, 3.8) is 0 Å². The zero-order chi connectivity index (χ0) is 20.1. The van der Waals surface area contributed by atoms with Crippen molar-refractivity contribution in [1.29, 1.82) is 0 Å². The predicted octanol–water partition coefficient (Wildman–Crippen LogP) is 2.72. The topological polar surface area (TPSA) is 104 Å². The lowest BCUT2D eigenvalue weighted by molar-refractivity contribution is -0.113. The van der Waals surface area contributed by atoms with Crippen LogP contribution >= 0.6 is 23.1 Å². The number of hydrogen-bond donors (Lipinski definition) is 1. The van der Waals surface area contributed by atoms with Gasteiger partial charge in [0.05, 0.1) is 31.2 Å². The molecule has 1 aromatic carbocycles. The Kier molecular flexibility index (Phi) is 6.37. The maximum Gasteiger partial charge on any atom is 0.236 e. The number of aromatic nitrogens is 5. The fourth-order valence-corrected chi connectivity index (χ4v) is 4.33. The largest absolute Gasteiger partial charge is 0.497 e. The van der Waals surface area contributed by atoms with E-state index in [1.165, 1.54) is 23.1 Å². The molecule has 1 fully saturated rings. The molecule has 0 radical (unpaired) electrons. The number of amides is 1. The predicted molar refractivity (Wildman–Crippen MR) is 110 cm³/mol. The molecule has 1 aliphatic heterocycles. The van der Waals surface area contributed by atoms with Crippen LogP contribution < -0.4 is 10.1 Å². The minimum absolute atomic E-state index is 0.137. The molecular weight excluding hydrogens is 412 g/mol. The molecule has 0 aliphatic carbocycles. The van der Waals surface area contributed by atoms with E-state index in [0.29, 0.717) is 16.8 Å². The van der Waals surface area contributed by atoms with Gasteiger partial charge in [-0.05, 0) is 47.5 Å². The van der Waals surface area contributed by atoms with Crippen LogP contribution in [0.3, 0.4) is 0 Å². The van der Waals surface area contributed by atoms with Gasteiger partial charge in [-0.2, -0.15) is 0 Å². The molecule has 9 nitrogen and oxygen atoms in total. The van der Waals surface area contributed by atoms with Crippen molar-refractivity contribution in [2.45, 2.75) is 30.6 Å². The molecule has 3 aromatic rings. The van der Waals surface area contributed by atoms with Crippen molar-refractivity contribution < 1.29 is 14.3 Å². The zero-order valence-corrected chi connectivity index (χ0v) is 17.4. The summed E-state index contributed by atoms with van der Waals surface area (Å²) in [6.07, 6.45) is 2.20. The van der Waals surface area contributed by atoms with Crippen LogP contribution in [0.5, 0.6) is 5.75 Å². The molecule has 0 saturated carbocycles. The molecule has 0 spiro atoms. The first-order chi connectivity index (χ1) is 14.2. The molecule has 1 N–H and O–H groups in total. The number of carbonyl (C=O) groups excluding carboxylic acids is 1. The average molecular weight is 433 g/mol. The second-order valence-corrected chi connectivity index (χ2v) is 8.18. The molecule has 0 bridgehead atoms. The Morgan fingerprint density at radius 1 is 1.41 bits per heavy atom. The third-order valence-electron chi connectivity index (χ3n) is 4.37. The fraction of sp³-hybridized carbons (Fsp3) is 0.389. The van der Waals surface area contributed by atoms with E-state index in [1.807, 2.05) is 29.6 Å². The van der Waals surface area contributed by atoms with Crippen molar-refractivity contribution >= 4 is 34.1 Å². The van der Waals surface area contributed by atoms with E-state index in [4.69, 9.17) is 9.47 Å². The highest BCUT2D eigenvalue weighted by Gasteiger charge is 2.19. The van der Waals surface area contributed by atoms with E-state index in [9.17, 15) is 4.79 Å². The second kappa shape index (κ2) is 9.33. The van der Waals surface area contributed by atoms with Gasteiger partial charge in [0.25, 0.3) is 0 Å². The van der Waals surface area contributed by atoms with Crippen molar-refractivity contribution in [2.24, 2.45) is 0 Å². The standard InChI is InChI=1S/C18H20N6O3S2/c1-26-13-6-4-12(5-7-13)15-10-28-17(19-15)20-16(25)11-29-18-21-22-23-24(18)9-14-3-2-8-27-14/h4-7,10,14H,2-3,8-9,11H2,1H3,(H,19,20,25).